The van der Waals surface area contributed by atoms with Gasteiger partial charge in [0.15, 0.2) is 0 Å². The maximum atomic E-state index is 13.3. The van der Waals surface area contributed by atoms with Crippen molar-refractivity contribution in [3.05, 3.63) is 34.1 Å². The van der Waals surface area contributed by atoms with Crippen LogP contribution in [0.4, 0.5) is 4.39 Å². The molecule has 1 N–H and O–H groups in total. The summed E-state index contributed by atoms with van der Waals surface area (Å²) in [7, 11) is 0. The van der Waals surface area contributed by atoms with Crippen LogP contribution in [0.3, 0.4) is 0 Å². The highest BCUT2D eigenvalue weighted by atomic mass is 79.9. The second-order valence-electron chi connectivity index (χ2n) is 3.70. The molecule has 0 aliphatic carbocycles. The Bertz CT molecular complexity index is 333. The first kappa shape index (κ1) is 14.0. The standard InChI is InChI=1S/C12H17BrFNS/c1-9(15-6-3-7-16-2)10-4-5-11(13)12(14)8-10/h4-5,8-9,15H,3,6-7H2,1-2H3. The van der Waals surface area contributed by atoms with E-state index in [0.717, 1.165) is 24.3 Å². The third-order valence-electron chi connectivity index (χ3n) is 2.42. The molecule has 0 bridgehead atoms. The van der Waals surface area contributed by atoms with Gasteiger partial charge in [-0.15, -0.1) is 0 Å². The predicted octanol–water partition coefficient (Wildman–Crippen LogP) is 3.99. The first-order chi connectivity index (χ1) is 7.65. The summed E-state index contributed by atoms with van der Waals surface area (Å²) in [6.07, 6.45) is 3.25. The van der Waals surface area contributed by atoms with Crippen LogP contribution in [0, 0.1) is 5.82 Å². The van der Waals surface area contributed by atoms with Crippen molar-refractivity contribution < 1.29 is 4.39 Å². The molecule has 0 fully saturated rings. The quantitative estimate of drug-likeness (QED) is 0.798. The van der Waals surface area contributed by atoms with E-state index in [-0.39, 0.29) is 11.9 Å². The van der Waals surface area contributed by atoms with Gasteiger partial charge in [0.25, 0.3) is 0 Å². The van der Waals surface area contributed by atoms with Gasteiger partial charge in [0.1, 0.15) is 5.82 Å². The molecule has 0 radical (unpaired) electrons. The van der Waals surface area contributed by atoms with Crippen molar-refractivity contribution in [1.29, 1.82) is 0 Å². The summed E-state index contributed by atoms with van der Waals surface area (Å²) in [4.78, 5) is 0. The van der Waals surface area contributed by atoms with Crippen LogP contribution in [-0.4, -0.2) is 18.6 Å². The molecule has 1 aromatic carbocycles. The second kappa shape index (κ2) is 7.30. The summed E-state index contributed by atoms with van der Waals surface area (Å²) < 4.78 is 13.8. The Morgan fingerprint density at radius 1 is 1.50 bits per heavy atom. The van der Waals surface area contributed by atoms with Gasteiger partial charge in [0.05, 0.1) is 4.47 Å². The largest absolute Gasteiger partial charge is 0.310 e. The van der Waals surface area contributed by atoms with Gasteiger partial charge in [-0.3, -0.25) is 0 Å². The van der Waals surface area contributed by atoms with Crippen LogP contribution >= 0.6 is 27.7 Å². The average Bonchev–Trinajstić information content (AvgIpc) is 2.28. The molecule has 16 heavy (non-hydrogen) atoms. The number of halogens is 2. The predicted molar refractivity (Wildman–Crippen MR) is 73.5 cm³/mol. The van der Waals surface area contributed by atoms with Crippen LogP contribution in [0.2, 0.25) is 0 Å². The lowest BCUT2D eigenvalue weighted by Gasteiger charge is -2.14. The fourth-order valence-electron chi connectivity index (χ4n) is 1.43. The third-order valence-corrected chi connectivity index (χ3v) is 3.76. The van der Waals surface area contributed by atoms with Gasteiger partial charge in [-0.1, -0.05) is 6.07 Å². The van der Waals surface area contributed by atoms with E-state index in [0.29, 0.717) is 4.47 Å². The third kappa shape index (κ3) is 4.44. The van der Waals surface area contributed by atoms with Gasteiger partial charge in [-0.05, 0) is 65.5 Å². The highest BCUT2D eigenvalue weighted by Gasteiger charge is 2.07. The van der Waals surface area contributed by atoms with Gasteiger partial charge >= 0.3 is 0 Å². The first-order valence-corrected chi connectivity index (χ1v) is 7.51. The van der Waals surface area contributed by atoms with Crippen molar-refractivity contribution in [2.45, 2.75) is 19.4 Å². The molecule has 4 heteroatoms. The molecule has 1 aromatic rings. The zero-order valence-corrected chi connectivity index (χ0v) is 12.0. The van der Waals surface area contributed by atoms with E-state index in [2.05, 4.69) is 34.4 Å². The summed E-state index contributed by atoms with van der Waals surface area (Å²) in [6, 6.07) is 5.48. The molecule has 0 saturated heterocycles. The van der Waals surface area contributed by atoms with Crippen molar-refractivity contribution >= 4 is 27.7 Å². The zero-order chi connectivity index (χ0) is 12.0. The van der Waals surface area contributed by atoms with E-state index in [4.69, 9.17) is 0 Å². The van der Waals surface area contributed by atoms with E-state index >= 15 is 0 Å². The number of thioether (sulfide) groups is 1. The van der Waals surface area contributed by atoms with E-state index in [9.17, 15) is 4.39 Å². The fourth-order valence-corrected chi connectivity index (χ4v) is 2.11. The normalized spacial score (nSPS) is 12.8. The Morgan fingerprint density at radius 2 is 2.25 bits per heavy atom. The minimum atomic E-state index is -0.199. The highest BCUT2D eigenvalue weighted by molar-refractivity contribution is 9.10. The van der Waals surface area contributed by atoms with Crippen LogP contribution in [0.15, 0.2) is 22.7 Å². The van der Waals surface area contributed by atoms with Crippen molar-refractivity contribution in [3.63, 3.8) is 0 Å². The van der Waals surface area contributed by atoms with Crippen molar-refractivity contribution in [1.82, 2.24) is 5.32 Å². The molecule has 0 amide bonds. The number of rotatable bonds is 6. The zero-order valence-electron chi connectivity index (χ0n) is 9.59. The molecule has 0 aliphatic heterocycles. The van der Waals surface area contributed by atoms with Crippen LogP contribution in [-0.2, 0) is 0 Å². The molecule has 1 nitrogen and oxygen atoms in total. The Morgan fingerprint density at radius 3 is 2.88 bits per heavy atom. The van der Waals surface area contributed by atoms with Crippen LogP contribution < -0.4 is 5.32 Å². The van der Waals surface area contributed by atoms with Crippen LogP contribution in [0.25, 0.3) is 0 Å². The maximum absolute atomic E-state index is 13.3. The highest BCUT2D eigenvalue weighted by Crippen LogP contribution is 2.20. The average molecular weight is 306 g/mol. The lowest BCUT2D eigenvalue weighted by atomic mass is 10.1. The SMILES string of the molecule is CSCCCNC(C)c1ccc(Br)c(F)c1. The molecule has 1 unspecified atom stereocenters. The van der Waals surface area contributed by atoms with Gasteiger partial charge in [-0.2, -0.15) is 11.8 Å². The Balaban J connectivity index is 2.46. The van der Waals surface area contributed by atoms with Crippen molar-refractivity contribution in [2.75, 3.05) is 18.6 Å². The Kier molecular flexibility index (Phi) is 6.39. The lowest BCUT2D eigenvalue weighted by molar-refractivity contribution is 0.562. The minimum absolute atomic E-state index is 0.199. The summed E-state index contributed by atoms with van der Waals surface area (Å²) in [6.45, 7) is 3.03. The lowest BCUT2D eigenvalue weighted by Crippen LogP contribution is -2.20. The summed E-state index contributed by atoms with van der Waals surface area (Å²) in [5, 5.41) is 3.39. The molecule has 0 saturated carbocycles. The number of nitrogens with one attached hydrogen (secondary N) is 1. The smallest absolute Gasteiger partial charge is 0.137 e. The molecular weight excluding hydrogens is 289 g/mol. The maximum Gasteiger partial charge on any atom is 0.137 e. The molecule has 0 spiro atoms. The molecule has 1 rings (SSSR count). The Hall–Kier alpha value is -0.0600. The topological polar surface area (TPSA) is 12.0 Å². The fraction of sp³-hybridized carbons (Fsp3) is 0.500. The second-order valence-corrected chi connectivity index (χ2v) is 5.54. The molecule has 0 heterocycles. The van der Waals surface area contributed by atoms with Gasteiger partial charge in [0.2, 0.25) is 0 Å². The first-order valence-electron chi connectivity index (χ1n) is 5.32. The number of benzene rings is 1. The molecular formula is C12H17BrFNS. The van der Waals surface area contributed by atoms with Gasteiger partial charge < -0.3 is 5.32 Å². The molecule has 90 valence electrons. The van der Waals surface area contributed by atoms with Gasteiger partial charge in [0, 0.05) is 6.04 Å². The van der Waals surface area contributed by atoms with Crippen LogP contribution in [0.5, 0.6) is 0 Å². The number of hydrogen-bond acceptors (Lipinski definition) is 2. The van der Waals surface area contributed by atoms with E-state index in [1.165, 1.54) is 0 Å². The minimum Gasteiger partial charge on any atom is -0.310 e. The van der Waals surface area contributed by atoms with Gasteiger partial charge in [-0.25, -0.2) is 4.39 Å². The molecule has 1 atom stereocenters. The Labute approximate surface area is 109 Å². The van der Waals surface area contributed by atoms with E-state index in [1.807, 2.05) is 17.8 Å². The molecule has 0 aliphatic rings. The van der Waals surface area contributed by atoms with E-state index in [1.54, 1.807) is 12.1 Å². The molecule has 0 aromatic heterocycles. The summed E-state index contributed by atoms with van der Waals surface area (Å²) in [5.41, 5.74) is 0.991. The monoisotopic (exact) mass is 305 g/mol. The summed E-state index contributed by atoms with van der Waals surface area (Å²) in [5.74, 6) is 0.962. The van der Waals surface area contributed by atoms with E-state index < -0.39 is 0 Å². The van der Waals surface area contributed by atoms with Crippen molar-refractivity contribution in [2.24, 2.45) is 0 Å². The number of hydrogen-bond donors (Lipinski definition) is 1. The van der Waals surface area contributed by atoms with Crippen LogP contribution in [0.1, 0.15) is 24.9 Å². The van der Waals surface area contributed by atoms with Crippen molar-refractivity contribution in [3.8, 4) is 0 Å². The summed E-state index contributed by atoms with van der Waals surface area (Å²) >= 11 is 5.00.